The Morgan fingerprint density at radius 2 is 1.90 bits per heavy atom. The summed E-state index contributed by atoms with van der Waals surface area (Å²) in [6.45, 7) is 0. The molecule has 3 nitrogen and oxygen atoms in total. The largest absolute Gasteiger partial charge is 0.497 e. The molecule has 0 N–H and O–H groups in total. The van der Waals surface area contributed by atoms with E-state index in [1.54, 1.807) is 36.4 Å². The minimum atomic E-state index is 0.283. The number of benzene rings is 2. The minimum absolute atomic E-state index is 0.283. The highest BCUT2D eigenvalue weighted by Gasteiger charge is 2.08. The van der Waals surface area contributed by atoms with Gasteiger partial charge in [-0.05, 0) is 30.3 Å². The van der Waals surface area contributed by atoms with Crippen molar-refractivity contribution in [3.63, 3.8) is 0 Å². The van der Waals surface area contributed by atoms with Crippen molar-refractivity contribution in [3.05, 3.63) is 52.5 Å². The second-order valence-electron chi connectivity index (χ2n) is 4.00. The zero-order valence-corrected chi connectivity index (χ0v) is 12.2. The van der Waals surface area contributed by atoms with E-state index in [9.17, 15) is 0 Å². The van der Waals surface area contributed by atoms with Crippen molar-refractivity contribution in [2.75, 3.05) is 7.11 Å². The van der Waals surface area contributed by atoms with Gasteiger partial charge >= 0.3 is 0 Å². The van der Waals surface area contributed by atoms with Crippen LogP contribution in [0.1, 0.15) is 11.1 Å². The van der Waals surface area contributed by atoms with Gasteiger partial charge in [0, 0.05) is 16.7 Å². The third-order valence-electron chi connectivity index (χ3n) is 2.64. The summed E-state index contributed by atoms with van der Waals surface area (Å²) >= 11 is 11.8. The van der Waals surface area contributed by atoms with Gasteiger partial charge in [-0.15, -0.1) is 11.6 Å². The Kier molecular flexibility index (Phi) is 4.73. The van der Waals surface area contributed by atoms with Crippen molar-refractivity contribution >= 4 is 23.2 Å². The van der Waals surface area contributed by atoms with Gasteiger partial charge < -0.3 is 9.47 Å². The summed E-state index contributed by atoms with van der Waals surface area (Å²) in [4.78, 5) is 0. The zero-order valence-electron chi connectivity index (χ0n) is 10.7. The van der Waals surface area contributed by atoms with Crippen LogP contribution in [0.2, 0.25) is 5.02 Å². The number of halogens is 2. The molecule has 0 aliphatic rings. The molecule has 0 amide bonds. The standard InChI is InChI=1S/C15H11Cl2NO2/c1-19-13-4-10(9-18)5-14(7-13)20-15-3-2-12(17)6-11(15)8-16/h2-7H,8H2,1H3. The van der Waals surface area contributed by atoms with E-state index in [2.05, 4.69) is 6.07 Å². The lowest BCUT2D eigenvalue weighted by atomic mass is 10.2. The van der Waals surface area contributed by atoms with Crippen LogP contribution in [0.5, 0.6) is 17.2 Å². The smallest absolute Gasteiger partial charge is 0.132 e. The highest BCUT2D eigenvalue weighted by atomic mass is 35.5. The number of nitriles is 1. The summed E-state index contributed by atoms with van der Waals surface area (Å²) < 4.78 is 10.9. The van der Waals surface area contributed by atoms with E-state index >= 15 is 0 Å². The molecule has 0 saturated heterocycles. The first kappa shape index (κ1) is 14.5. The fourth-order valence-corrected chi connectivity index (χ4v) is 2.10. The number of ether oxygens (including phenoxy) is 2. The highest BCUT2D eigenvalue weighted by Crippen LogP contribution is 2.31. The number of nitrogens with zero attached hydrogens (tertiary/aromatic N) is 1. The van der Waals surface area contributed by atoms with Gasteiger partial charge in [-0.3, -0.25) is 0 Å². The highest BCUT2D eigenvalue weighted by molar-refractivity contribution is 6.30. The Balaban J connectivity index is 2.37. The van der Waals surface area contributed by atoms with Crippen molar-refractivity contribution in [2.24, 2.45) is 0 Å². The molecular formula is C15H11Cl2NO2. The van der Waals surface area contributed by atoms with E-state index in [4.69, 9.17) is 37.9 Å². The van der Waals surface area contributed by atoms with Crippen molar-refractivity contribution in [1.82, 2.24) is 0 Å². The fourth-order valence-electron chi connectivity index (χ4n) is 1.69. The van der Waals surface area contributed by atoms with Gasteiger partial charge in [0.05, 0.1) is 24.6 Å². The summed E-state index contributed by atoms with van der Waals surface area (Å²) in [6.07, 6.45) is 0. The molecule has 5 heteroatoms. The Hall–Kier alpha value is -1.89. The molecule has 2 rings (SSSR count). The molecule has 0 radical (unpaired) electrons. The molecule has 0 aliphatic carbocycles. The van der Waals surface area contributed by atoms with Gasteiger partial charge in [0.25, 0.3) is 0 Å². The molecule has 0 aliphatic heterocycles. The molecule has 0 heterocycles. The summed E-state index contributed by atoms with van der Waals surface area (Å²) in [5, 5.41) is 9.58. The Morgan fingerprint density at radius 1 is 1.15 bits per heavy atom. The Morgan fingerprint density at radius 3 is 2.55 bits per heavy atom. The molecule has 0 fully saturated rings. The minimum Gasteiger partial charge on any atom is -0.497 e. The maximum atomic E-state index is 8.99. The third kappa shape index (κ3) is 3.36. The van der Waals surface area contributed by atoms with Crippen LogP contribution >= 0.6 is 23.2 Å². The summed E-state index contributed by atoms with van der Waals surface area (Å²) in [5.74, 6) is 1.95. The Bertz CT molecular complexity index is 665. The normalized spacial score (nSPS) is 9.90. The second kappa shape index (κ2) is 6.51. The van der Waals surface area contributed by atoms with Crippen molar-refractivity contribution in [1.29, 1.82) is 5.26 Å². The molecule has 0 bridgehead atoms. The number of rotatable bonds is 4. The molecule has 0 saturated carbocycles. The quantitative estimate of drug-likeness (QED) is 0.765. The predicted molar refractivity (Wildman–Crippen MR) is 78.8 cm³/mol. The van der Waals surface area contributed by atoms with Gasteiger partial charge in [0.1, 0.15) is 17.2 Å². The van der Waals surface area contributed by atoms with E-state index in [0.29, 0.717) is 27.8 Å². The monoisotopic (exact) mass is 307 g/mol. The van der Waals surface area contributed by atoms with Crippen LogP contribution < -0.4 is 9.47 Å². The lowest BCUT2D eigenvalue weighted by Crippen LogP contribution is -1.92. The van der Waals surface area contributed by atoms with Gasteiger partial charge in [-0.1, -0.05) is 11.6 Å². The van der Waals surface area contributed by atoms with Crippen LogP contribution in [0.4, 0.5) is 0 Å². The molecule has 0 aromatic heterocycles. The first-order valence-corrected chi connectivity index (χ1v) is 6.69. The molecule has 0 unspecified atom stereocenters. The number of alkyl halides is 1. The van der Waals surface area contributed by atoms with Gasteiger partial charge in [-0.25, -0.2) is 0 Å². The average Bonchev–Trinajstić information content (AvgIpc) is 2.48. The summed E-state index contributed by atoms with van der Waals surface area (Å²) in [6, 6.07) is 12.2. The van der Waals surface area contributed by atoms with E-state index in [-0.39, 0.29) is 5.88 Å². The SMILES string of the molecule is COc1cc(C#N)cc(Oc2ccc(Cl)cc2CCl)c1. The van der Waals surface area contributed by atoms with Gasteiger partial charge in [0.2, 0.25) is 0 Å². The second-order valence-corrected chi connectivity index (χ2v) is 4.70. The number of hydrogen-bond donors (Lipinski definition) is 0. The first-order chi connectivity index (χ1) is 9.66. The topological polar surface area (TPSA) is 42.2 Å². The number of hydrogen-bond acceptors (Lipinski definition) is 3. The predicted octanol–water partition coefficient (Wildman–Crippen LogP) is 4.75. The maximum absolute atomic E-state index is 8.99. The lowest BCUT2D eigenvalue weighted by Gasteiger charge is -2.11. The van der Waals surface area contributed by atoms with Crippen molar-refractivity contribution in [2.45, 2.75) is 5.88 Å². The van der Waals surface area contributed by atoms with Crippen LogP contribution in [0.3, 0.4) is 0 Å². The molecular weight excluding hydrogens is 297 g/mol. The average molecular weight is 308 g/mol. The van der Waals surface area contributed by atoms with Gasteiger partial charge in [0.15, 0.2) is 0 Å². The molecule has 0 atom stereocenters. The summed E-state index contributed by atoms with van der Waals surface area (Å²) in [7, 11) is 1.53. The molecule has 0 spiro atoms. The van der Waals surface area contributed by atoms with E-state index in [0.717, 1.165) is 5.56 Å². The van der Waals surface area contributed by atoms with Crippen LogP contribution in [0.25, 0.3) is 0 Å². The Labute approximate surface area is 127 Å². The fraction of sp³-hybridized carbons (Fsp3) is 0.133. The molecule has 2 aromatic carbocycles. The summed E-state index contributed by atoms with van der Waals surface area (Å²) in [5.41, 5.74) is 1.24. The van der Waals surface area contributed by atoms with Crippen molar-refractivity contribution in [3.8, 4) is 23.3 Å². The molecule has 2 aromatic rings. The van der Waals surface area contributed by atoms with E-state index in [1.165, 1.54) is 7.11 Å². The zero-order chi connectivity index (χ0) is 14.5. The van der Waals surface area contributed by atoms with Crippen LogP contribution in [-0.2, 0) is 5.88 Å². The van der Waals surface area contributed by atoms with Crippen molar-refractivity contribution < 1.29 is 9.47 Å². The maximum Gasteiger partial charge on any atom is 0.132 e. The van der Waals surface area contributed by atoms with Crippen LogP contribution in [0.15, 0.2) is 36.4 Å². The van der Waals surface area contributed by atoms with E-state index < -0.39 is 0 Å². The molecule has 102 valence electrons. The van der Waals surface area contributed by atoms with E-state index in [1.807, 2.05) is 0 Å². The third-order valence-corrected chi connectivity index (χ3v) is 3.16. The number of methoxy groups -OCH3 is 1. The van der Waals surface area contributed by atoms with Crippen LogP contribution in [-0.4, -0.2) is 7.11 Å². The molecule has 20 heavy (non-hydrogen) atoms. The van der Waals surface area contributed by atoms with Crippen LogP contribution in [0, 0.1) is 11.3 Å². The lowest BCUT2D eigenvalue weighted by molar-refractivity contribution is 0.408. The van der Waals surface area contributed by atoms with Gasteiger partial charge in [-0.2, -0.15) is 5.26 Å². The first-order valence-electron chi connectivity index (χ1n) is 5.77.